The Morgan fingerprint density at radius 2 is 1.94 bits per heavy atom. The molecule has 4 heterocycles. The second-order valence-electron chi connectivity index (χ2n) is 8.86. The maximum atomic E-state index is 12.8. The molecule has 0 bridgehead atoms. The van der Waals surface area contributed by atoms with Crippen LogP contribution in [0, 0.1) is 18.8 Å². The summed E-state index contributed by atoms with van der Waals surface area (Å²) in [6, 6.07) is 9.94. The maximum absolute atomic E-state index is 12.8. The Morgan fingerprint density at radius 3 is 2.78 bits per heavy atom. The number of fused-ring (bicyclic) bond motifs is 1. The van der Waals surface area contributed by atoms with Gasteiger partial charge in [-0.15, -0.1) is 15.3 Å². The van der Waals surface area contributed by atoms with Gasteiger partial charge in [-0.2, -0.15) is 4.52 Å². The summed E-state index contributed by atoms with van der Waals surface area (Å²) in [4.78, 5) is 17.4. The van der Waals surface area contributed by atoms with Crippen molar-refractivity contribution in [2.75, 3.05) is 42.5 Å². The number of aryl methyl sites for hydroxylation is 1. The Morgan fingerprint density at radius 1 is 1.12 bits per heavy atom. The lowest BCUT2D eigenvalue weighted by molar-refractivity contribution is -0.125. The summed E-state index contributed by atoms with van der Waals surface area (Å²) in [5.74, 6) is 1.62. The molecule has 32 heavy (non-hydrogen) atoms. The topological polar surface area (TPSA) is 78.7 Å². The van der Waals surface area contributed by atoms with Gasteiger partial charge in [0.25, 0.3) is 0 Å². The molecule has 0 spiro atoms. The predicted octanol–water partition coefficient (Wildman–Crippen LogP) is 2.95. The van der Waals surface area contributed by atoms with E-state index in [1.54, 1.807) is 10.8 Å². The van der Waals surface area contributed by atoms with Crippen LogP contribution in [0.15, 0.2) is 36.7 Å². The van der Waals surface area contributed by atoms with Gasteiger partial charge in [0, 0.05) is 49.4 Å². The van der Waals surface area contributed by atoms with E-state index in [2.05, 4.69) is 43.4 Å². The number of carbonyl (C=O) groups is 1. The summed E-state index contributed by atoms with van der Waals surface area (Å²) in [6.07, 6.45) is 4.37. The summed E-state index contributed by atoms with van der Waals surface area (Å²) in [5, 5.41) is 16.4. The van der Waals surface area contributed by atoms with Crippen LogP contribution in [-0.2, 0) is 4.79 Å². The van der Waals surface area contributed by atoms with Crippen LogP contribution in [0.1, 0.15) is 24.8 Å². The van der Waals surface area contributed by atoms with E-state index in [4.69, 9.17) is 11.6 Å². The molecule has 3 aromatic rings. The van der Waals surface area contributed by atoms with Crippen LogP contribution in [0.4, 0.5) is 11.5 Å². The molecule has 1 aromatic carbocycles. The van der Waals surface area contributed by atoms with Gasteiger partial charge >= 0.3 is 0 Å². The van der Waals surface area contributed by atoms with Crippen molar-refractivity contribution in [3.05, 3.63) is 47.2 Å². The van der Waals surface area contributed by atoms with Crippen molar-refractivity contribution >= 4 is 34.7 Å². The smallest absolute Gasteiger partial charge is 0.223 e. The zero-order valence-corrected chi connectivity index (χ0v) is 19.0. The number of anilines is 2. The van der Waals surface area contributed by atoms with E-state index in [9.17, 15) is 4.79 Å². The van der Waals surface area contributed by atoms with E-state index in [-0.39, 0.29) is 11.8 Å². The first-order valence-electron chi connectivity index (χ1n) is 11.3. The zero-order chi connectivity index (χ0) is 22.1. The van der Waals surface area contributed by atoms with Gasteiger partial charge in [-0.1, -0.05) is 17.7 Å². The molecule has 0 saturated carbocycles. The quantitative estimate of drug-likeness (QED) is 0.640. The van der Waals surface area contributed by atoms with E-state index in [1.165, 1.54) is 11.3 Å². The first kappa shape index (κ1) is 21.0. The van der Waals surface area contributed by atoms with Gasteiger partial charge in [0.15, 0.2) is 5.65 Å². The molecule has 2 aromatic heterocycles. The highest BCUT2D eigenvalue weighted by atomic mass is 35.5. The highest BCUT2D eigenvalue weighted by Gasteiger charge is 2.28. The van der Waals surface area contributed by atoms with Crippen molar-refractivity contribution in [1.29, 1.82) is 0 Å². The third kappa shape index (κ3) is 4.37. The van der Waals surface area contributed by atoms with Crippen molar-refractivity contribution < 1.29 is 4.79 Å². The molecule has 8 nitrogen and oxygen atoms in total. The minimum atomic E-state index is 0.0672. The second-order valence-corrected chi connectivity index (χ2v) is 9.30. The minimum Gasteiger partial charge on any atom is -0.371 e. The Kier molecular flexibility index (Phi) is 5.87. The van der Waals surface area contributed by atoms with E-state index in [0.29, 0.717) is 5.92 Å². The summed E-state index contributed by atoms with van der Waals surface area (Å²) < 4.78 is 1.68. The van der Waals surface area contributed by atoms with Crippen molar-refractivity contribution in [2.45, 2.75) is 26.2 Å². The average Bonchev–Trinajstić information content (AvgIpc) is 3.48. The maximum Gasteiger partial charge on any atom is 0.223 e. The van der Waals surface area contributed by atoms with E-state index in [1.807, 2.05) is 24.3 Å². The van der Waals surface area contributed by atoms with Crippen LogP contribution in [0.5, 0.6) is 0 Å². The first-order chi connectivity index (χ1) is 15.6. The van der Waals surface area contributed by atoms with E-state index < -0.39 is 0 Å². The number of hydrogen-bond donors (Lipinski definition) is 1. The third-order valence-corrected chi connectivity index (χ3v) is 6.94. The van der Waals surface area contributed by atoms with E-state index in [0.717, 1.165) is 68.5 Å². The molecule has 2 aliphatic heterocycles. The Labute approximate surface area is 192 Å². The van der Waals surface area contributed by atoms with Crippen LogP contribution in [0.2, 0.25) is 5.02 Å². The molecular formula is C23H28ClN7O. The SMILES string of the molecule is Cc1ccc(Cl)cc1N1CCC(CNC(=O)C2CCN(c3ccc4nncn4n3)CC2)C1. The van der Waals surface area contributed by atoms with Crippen molar-refractivity contribution in [3.8, 4) is 0 Å². The highest BCUT2D eigenvalue weighted by molar-refractivity contribution is 6.30. The van der Waals surface area contributed by atoms with Gasteiger partial charge in [-0.05, 0) is 61.9 Å². The fourth-order valence-corrected chi connectivity index (χ4v) is 4.95. The standard InChI is InChI=1S/C23H28ClN7O/c1-16-2-3-19(24)12-20(16)30-9-6-17(14-30)13-25-23(32)18-7-10-29(11-8-18)22-5-4-21-27-26-15-31(21)28-22/h2-5,12,15,17-18H,6-11,13-14H2,1H3,(H,25,32). The molecule has 1 atom stereocenters. The molecular weight excluding hydrogens is 426 g/mol. The van der Waals surface area contributed by atoms with Crippen LogP contribution in [0.3, 0.4) is 0 Å². The number of halogens is 1. The number of amides is 1. The molecule has 2 saturated heterocycles. The number of benzene rings is 1. The van der Waals surface area contributed by atoms with Gasteiger partial charge in [0.2, 0.25) is 5.91 Å². The lowest BCUT2D eigenvalue weighted by Gasteiger charge is -2.32. The predicted molar refractivity (Wildman–Crippen MR) is 125 cm³/mol. The summed E-state index contributed by atoms with van der Waals surface area (Å²) >= 11 is 6.19. The van der Waals surface area contributed by atoms with Crippen molar-refractivity contribution in [2.24, 2.45) is 11.8 Å². The summed E-state index contributed by atoms with van der Waals surface area (Å²) in [7, 11) is 0. The number of hydrogen-bond acceptors (Lipinski definition) is 6. The summed E-state index contributed by atoms with van der Waals surface area (Å²) in [6.45, 7) is 6.46. The molecule has 1 amide bonds. The number of nitrogens with zero attached hydrogens (tertiary/aromatic N) is 6. The second kappa shape index (κ2) is 8.94. The summed E-state index contributed by atoms with van der Waals surface area (Å²) in [5.41, 5.74) is 3.18. The molecule has 2 fully saturated rings. The molecule has 1 unspecified atom stereocenters. The molecule has 168 valence electrons. The molecule has 9 heteroatoms. The normalized spacial score (nSPS) is 19.6. The molecule has 0 aliphatic carbocycles. The number of aromatic nitrogens is 4. The van der Waals surface area contributed by atoms with Gasteiger partial charge in [-0.3, -0.25) is 4.79 Å². The number of nitrogens with one attached hydrogen (secondary N) is 1. The highest BCUT2D eigenvalue weighted by Crippen LogP contribution is 2.29. The number of piperidine rings is 1. The largest absolute Gasteiger partial charge is 0.371 e. The van der Waals surface area contributed by atoms with Gasteiger partial charge in [-0.25, -0.2) is 0 Å². The fourth-order valence-electron chi connectivity index (χ4n) is 4.79. The molecule has 5 rings (SSSR count). The average molecular weight is 454 g/mol. The lowest BCUT2D eigenvalue weighted by Crippen LogP contribution is -2.42. The molecule has 1 N–H and O–H groups in total. The van der Waals surface area contributed by atoms with Gasteiger partial charge in [0.05, 0.1) is 0 Å². The Bertz CT molecular complexity index is 1110. The molecule has 2 aliphatic rings. The van der Waals surface area contributed by atoms with Crippen LogP contribution >= 0.6 is 11.6 Å². The van der Waals surface area contributed by atoms with Crippen molar-refractivity contribution in [1.82, 2.24) is 25.1 Å². The monoisotopic (exact) mass is 453 g/mol. The van der Waals surface area contributed by atoms with Crippen LogP contribution < -0.4 is 15.1 Å². The van der Waals surface area contributed by atoms with Gasteiger partial charge < -0.3 is 15.1 Å². The van der Waals surface area contributed by atoms with Crippen LogP contribution in [-0.4, -0.2) is 58.4 Å². The molecule has 0 radical (unpaired) electrons. The van der Waals surface area contributed by atoms with Crippen LogP contribution in [0.25, 0.3) is 5.65 Å². The van der Waals surface area contributed by atoms with Crippen molar-refractivity contribution in [3.63, 3.8) is 0 Å². The minimum absolute atomic E-state index is 0.0672. The number of carbonyl (C=O) groups excluding carboxylic acids is 1. The number of rotatable bonds is 5. The Hall–Kier alpha value is -2.87. The zero-order valence-electron chi connectivity index (χ0n) is 18.2. The third-order valence-electron chi connectivity index (χ3n) is 6.70. The van der Waals surface area contributed by atoms with E-state index >= 15 is 0 Å². The fraction of sp³-hybridized carbons (Fsp3) is 0.478. The Balaban J connectivity index is 1.10. The van der Waals surface area contributed by atoms with Gasteiger partial charge in [0.1, 0.15) is 12.1 Å². The lowest BCUT2D eigenvalue weighted by atomic mass is 9.95. The first-order valence-corrected chi connectivity index (χ1v) is 11.7.